The largest absolute Gasteiger partial charge is 0.463 e. The number of ether oxygens (including phenoxy) is 1. The minimum Gasteiger partial charge on any atom is -0.463 e. The van der Waals surface area contributed by atoms with Gasteiger partial charge in [-0.1, -0.05) is 53.7 Å². The molecule has 5 nitrogen and oxygen atoms in total. The first kappa shape index (κ1) is 15.2. The number of benzene rings is 2. The van der Waals surface area contributed by atoms with E-state index in [1.807, 2.05) is 36.4 Å². The van der Waals surface area contributed by atoms with E-state index >= 15 is 0 Å². The summed E-state index contributed by atoms with van der Waals surface area (Å²) in [5, 5.41) is 4.32. The van der Waals surface area contributed by atoms with E-state index in [4.69, 9.17) is 9.25 Å². The molecule has 1 heterocycles. The average molecular weight is 333 g/mol. The quantitative estimate of drug-likeness (QED) is 0.418. The van der Waals surface area contributed by atoms with Crippen LogP contribution in [0.1, 0.15) is 27.4 Å². The van der Waals surface area contributed by atoms with Gasteiger partial charge in [-0.25, -0.2) is 4.79 Å². The third-order valence-corrected chi connectivity index (χ3v) is 4.07. The normalized spacial score (nSPS) is 11.6. The molecule has 0 fully saturated rings. The number of esters is 1. The van der Waals surface area contributed by atoms with Crippen LogP contribution in [0.5, 0.6) is 0 Å². The van der Waals surface area contributed by atoms with Gasteiger partial charge >= 0.3 is 5.97 Å². The first-order chi connectivity index (χ1) is 12.3. The molecule has 0 aliphatic heterocycles. The summed E-state index contributed by atoms with van der Waals surface area (Å²) in [5.74, 6) is 0.130. The van der Waals surface area contributed by atoms with Gasteiger partial charge in [-0.05, 0) is 23.3 Å². The Hall–Kier alpha value is -3.34. The second-order valence-electron chi connectivity index (χ2n) is 5.56. The van der Waals surface area contributed by atoms with Crippen LogP contribution in [-0.4, -0.2) is 18.8 Å². The topological polar surface area (TPSA) is 61.0 Å². The Balaban J connectivity index is 1.58. The molecule has 5 heteroatoms. The lowest BCUT2D eigenvalue weighted by molar-refractivity contribution is 0.0553. The summed E-state index contributed by atoms with van der Waals surface area (Å²) < 4.78 is 9.98. The molecule has 0 radical (unpaired) electrons. The molecule has 1 aliphatic rings. The molecule has 0 atom stereocenters. The second kappa shape index (κ2) is 6.28. The lowest BCUT2D eigenvalue weighted by Gasteiger charge is -2.02. The van der Waals surface area contributed by atoms with Crippen molar-refractivity contribution in [2.45, 2.75) is 6.61 Å². The Morgan fingerprint density at radius 3 is 2.12 bits per heavy atom. The van der Waals surface area contributed by atoms with Crippen molar-refractivity contribution in [3.8, 4) is 11.1 Å². The highest BCUT2D eigenvalue weighted by atomic mass is 16.6. The van der Waals surface area contributed by atoms with Crippen molar-refractivity contribution in [1.82, 2.24) is 0 Å². The van der Waals surface area contributed by atoms with E-state index in [-0.39, 0.29) is 12.4 Å². The lowest BCUT2D eigenvalue weighted by atomic mass is 10.1. The van der Waals surface area contributed by atoms with Crippen LogP contribution in [0.25, 0.3) is 11.1 Å². The summed E-state index contributed by atoms with van der Waals surface area (Å²) in [5.41, 5.74) is 5.17. The van der Waals surface area contributed by atoms with Crippen molar-refractivity contribution < 1.29 is 18.8 Å². The maximum Gasteiger partial charge on any atom is 0.373 e. The number of oxime groups is 1. The number of fused-ring (bicyclic) bond motifs is 3. The highest BCUT2D eigenvalue weighted by molar-refractivity contribution is 6.24. The molecule has 0 amide bonds. The van der Waals surface area contributed by atoms with Gasteiger partial charge in [0, 0.05) is 11.1 Å². The van der Waals surface area contributed by atoms with Crippen LogP contribution in [0.4, 0.5) is 0 Å². The summed E-state index contributed by atoms with van der Waals surface area (Å²) >= 11 is 0. The van der Waals surface area contributed by atoms with Gasteiger partial charge in [0.25, 0.3) is 0 Å². The molecule has 0 spiro atoms. The lowest BCUT2D eigenvalue weighted by Crippen LogP contribution is -2.00. The summed E-state index contributed by atoms with van der Waals surface area (Å²) in [6.07, 6.45) is 0. The third kappa shape index (κ3) is 2.70. The standard InChI is InChI=1S/C20H15NO4/c1-23-20(22)18-11-10-13(25-18)12-24-21-19-16-8-4-2-6-14(16)15-7-3-5-9-17(15)19/h2-11H,12H2,1H3. The van der Waals surface area contributed by atoms with Crippen molar-refractivity contribution in [2.24, 2.45) is 5.16 Å². The van der Waals surface area contributed by atoms with Crippen LogP contribution in [0.2, 0.25) is 0 Å². The predicted octanol–water partition coefficient (Wildman–Crippen LogP) is 4.02. The highest BCUT2D eigenvalue weighted by Crippen LogP contribution is 2.36. The Kier molecular flexibility index (Phi) is 3.82. The van der Waals surface area contributed by atoms with Gasteiger partial charge in [-0.3, -0.25) is 0 Å². The molecule has 0 saturated carbocycles. The zero-order valence-corrected chi connectivity index (χ0v) is 13.6. The van der Waals surface area contributed by atoms with Crippen molar-refractivity contribution in [3.05, 3.63) is 83.3 Å². The first-order valence-corrected chi connectivity index (χ1v) is 7.84. The molecule has 2 aromatic carbocycles. The van der Waals surface area contributed by atoms with E-state index in [0.717, 1.165) is 28.0 Å². The minimum atomic E-state index is -0.517. The number of nitrogens with zero attached hydrogens (tertiary/aromatic N) is 1. The fraction of sp³-hybridized carbons (Fsp3) is 0.100. The monoisotopic (exact) mass is 333 g/mol. The Labute approximate surface area is 144 Å². The maximum absolute atomic E-state index is 11.4. The molecule has 3 aromatic rings. The maximum atomic E-state index is 11.4. The Morgan fingerprint density at radius 2 is 1.52 bits per heavy atom. The number of carbonyl (C=O) groups excluding carboxylic acids is 1. The van der Waals surface area contributed by atoms with Crippen LogP contribution < -0.4 is 0 Å². The van der Waals surface area contributed by atoms with Crippen molar-refractivity contribution in [1.29, 1.82) is 0 Å². The van der Waals surface area contributed by atoms with E-state index in [1.54, 1.807) is 12.1 Å². The van der Waals surface area contributed by atoms with E-state index in [0.29, 0.717) is 5.76 Å². The van der Waals surface area contributed by atoms with Crippen LogP contribution in [0, 0.1) is 0 Å². The van der Waals surface area contributed by atoms with Gasteiger partial charge in [0.05, 0.1) is 7.11 Å². The molecule has 0 N–H and O–H groups in total. The third-order valence-electron chi connectivity index (χ3n) is 4.07. The fourth-order valence-corrected chi connectivity index (χ4v) is 2.92. The summed E-state index contributed by atoms with van der Waals surface area (Å²) in [6.45, 7) is 0.130. The fourth-order valence-electron chi connectivity index (χ4n) is 2.92. The minimum absolute atomic E-state index is 0.130. The average Bonchev–Trinajstić information content (AvgIpc) is 3.25. The van der Waals surface area contributed by atoms with E-state index in [2.05, 4.69) is 22.0 Å². The summed E-state index contributed by atoms with van der Waals surface area (Å²) in [7, 11) is 1.31. The SMILES string of the molecule is COC(=O)c1ccc(CON=C2c3ccccc3-c3ccccc32)o1. The molecule has 1 aromatic heterocycles. The van der Waals surface area contributed by atoms with Gasteiger partial charge in [0.1, 0.15) is 11.5 Å². The van der Waals surface area contributed by atoms with E-state index in [9.17, 15) is 4.79 Å². The molecule has 4 rings (SSSR count). The zero-order chi connectivity index (χ0) is 17.2. The number of rotatable bonds is 4. The number of hydrogen-bond acceptors (Lipinski definition) is 5. The van der Waals surface area contributed by atoms with Gasteiger partial charge in [-0.2, -0.15) is 0 Å². The van der Waals surface area contributed by atoms with Crippen LogP contribution in [0.3, 0.4) is 0 Å². The van der Waals surface area contributed by atoms with Crippen molar-refractivity contribution >= 4 is 11.7 Å². The van der Waals surface area contributed by atoms with Crippen LogP contribution in [-0.2, 0) is 16.2 Å². The smallest absolute Gasteiger partial charge is 0.373 e. The zero-order valence-electron chi connectivity index (χ0n) is 13.6. The molecule has 0 saturated heterocycles. The first-order valence-electron chi connectivity index (χ1n) is 7.84. The molecule has 1 aliphatic carbocycles. The predicted molar refractivity (Wildman–Crippen MR) is 92.4 cm³/mol. The molecule has 0 bridgehead atoms. The van der Waals surface area contributed by atoms with Gasteiger partial charge in [0.15, 0.2) is 6.61 Å². The van der Waals surface area contributed by atoms with Crippen LogP contribution in [0.15, 0.2) is 70.2 Å². The molecule has 0 unspecified atom stereocenters. The van der Waals surface area contributed by atoms with Gasteiger partial charge in [0.2, 0.25) is 5.76 Å². The highest BCUT2D eigenvalue weighted by Gasteiger charge is 2.24. The van der Waals surface area contributed by atoms with Crippen molar-refractivity contribution in [2.75, 3.05) is 7.11 Å². The number of furan rings is 1. The summed E-state index contributed by atoms with van der Waals surface area (Å²) in [4.78, 5) is 16.9. The molecule has 25 heavy (non-hydrogen) atoms. The number of carbonyl (C=O) groups is 1. The van der Waals surface area contributed by atoms with E-state index < -0.39 is 5.97 Å². The summed E-state index contributed by atoms with van der Waals surface area (Å²) in [6, 6.07) is 19.4. The van der Waals surface area contributed by atoms with Gasteiger partial charge in [-0.15, -0.1) is 0 Å². The number of methoxy groups -OCH3 is 1. The Bertz CT molecular complexity index is 924. The molecular weight excluding hydrogens is 318 g/mol. The van der Waals surface area contributed by atoms with Crippen LogP contribution >= 0.6 is 0 Å². The molecule has 124 valence electrons. The van der Waals surface area contributed by atoms with Crippen molar-refractivity contribution in [3.63, 3.8) is 0 Å². The number of hydrogen-bond donors (Lipinski definition) is 0. The second-order valence-corrected chi connectivity index (χ2v) is 5.56. The van der Waals surface area contributed by atoms with E-state index in [1.165, 1.54) is 7.11 Å². The molecular formula is C20H15NO4. The Morgan fingerprint density at radius 1 is 0.920 bits per heavy atom. The van der Waals surface area contributed by atoms with Gasteiger partial charge < -0.3 is 14.0 Å².